The largest absolute Gasteiger partial charge is 0.358 e. The molecule has 0 saturated carbocycles. The predicted octanol–water partition coefficient (Wildman–Crippen LogP) is 4.15. The molecule has 1 heterocycles. The summed E-state index contributed by atoms with van der Waals surface area (Å²) in [6.07, 6.45) is 3.32. The van der Waals surface area contributed by atoms with E-state index >= 15 is 0 Å². The Bertz CT molecular complexity index is 953. The number of aromatic amines is 1. The van der Waals surface area contributed by atoms with Crippen LogP contribution >= 0.6 is 0 Å². The summed E-state index contributed by atoms with van der Waals surface area (Å²) in [5, 5.41) is 4.27. The van der Waals surface area contributed by atoms with E-state index in [-0.39, 0.29) is 5.91 Å². The second-order valence-electron chi connectivity index (χ2n) is 7.52. The summed E-state index contributed by atoms with van der Waals surface area (Å²) in [5.41, 5.74) is 6.58. The maximum atomic E-state index is 12.5. The van der Waals surface area contributed by atoms with Gasteiger partial charge in [0.25, 0.3) is 5.91 Å². The van der Waals surface area contributed by atoms with E-state index in [4.69, 9.17) is 0 Å². The summed E-state index contributed by atoms with van der Waals surface area (Å²) < 4.78 is 0. The zero-order valence-corrected chi connectivity index (χ0v) is 15.6. The van der Waals surface area contributed by atoms with Crippen LogP contribution in [0.1, 0.15) is 33.6 Å². The first-order valence-electron chi connectivity index (χ1n) is 9.19. The van der Waals surface area contributed by atoms with Gasteiger partial charge in [-0.05, 0) is 76.2 Å². The number of carbonyl (C=O) groups excluding carboxylic acids is 1. The lowest BCUT2D eigenvalue weighted by molar-refractivity contribution is 0.102. The van der Waals surface area contributed by atoms with Crippen LogP contribution in [0.4, 0.5) is 5.69 Å². The summed E-state index contributed by atoms with van der Waals surface area (Å²) in [7, 11) is 4.30. The van der Waals surface area contributed by atoms with Crippen LogP contribution in [0.15, 0.2) is 42.5 Å². The summed E-state index contributed by atoms with van der Waals surface area (Å²) >= 11 is 0. The van der Waals surface area contributed by atoms with Gasteiger partial charge in [-0.25, -0.2) is 0 Å². The molecule has 0 radical (unpaired) electrons. The minimum atomic E-state index is -0.0695. The highest BCUT2D eigenvalue weighted by molar-refractivity contribution is 6.05. The summed E-state index contributed by atoms with van der Waals surface area (Å²) in [5.74, 6) is -0.0695. The van der Waals surface area contributed by atoms with Crippen LogP contribution in [-0.4, -0.2) is 35.9 Å². The molecule has 1 aliphatic rings. The highest BCUT2D eigenvalue weighted by Crippen LogP contribution is 2.32. The smallest absolute Gasteiger partial charge is 0.255 e. The Balaban J connectivity index is 1.62. The lowest BCUT2D eigenvalue weighted by atomic mass is 9.91. The molecule has 0 aliphatic heterocycles. The Kier molecular flexibility index (Phi) is 4.29. The van der Waals surface area contributed by atoms with Gasteiger partial charge < -0.3 is 15.2 Å². The molecule has 26 heavy (non-hydrogen) atoms. The molecule has 0 bridgehead atoms. The number of fused-ring (bicyclic) bond motifs is 3. The van der Waals surface area contributed by atoms with Crippen LogP contribution in [0.5, 0.6) is 0 Å². The molecule has 2 N–H and O–H groups in total. The third-order valence-electron chi connectivity index (χ3n) is 5.46. The minimum absolute atomic E-state index is 0.0695. The van der Waals surface area contributed by atoms with Gasteiger partial charge >= 0.3 is 0 Å². The first kappa shape index (κ1) is 16.9. The van der Waals surface area contributed by atoms with Gasteiger partial charge in [0.2, 0.25) is 0 Å². The number of nitrogens with zero attached hydrogens (tertiary/aromatic N) is 1. The Morgan fingerprint density at radius 3 is 2.65 bits per heavy atom. The van der Waals surface area contributed by atoms with E-state index in [9.17, 15) is 4.79 Å². The van der Waals surface area contributed by atoms with Crippen LogP contribution in [0.2, 0.25) is 0 Å². The van der Waals surface area contributed by atoms with Crippen LogP contribution in [0, 0.1) is 6.92 Å². The van der Waals surface area contributed by atoms with E-state index in [1.54, 1.807) is 0 Å². The number of likely N-dealkylation sites (N-methyl/N-ethyl adjacent to an activating group) is 1. The number of hydrogen-bond acceptors (Lipinski definition) is 2. The third kappa shape index (κ3) is 3.13. The number of aromatic nitrogens is 1. The maximum Gasteiger partial charge on any atom is 0.255 e. The second-order valence-corrected chi connectivity index (χ2v) is 7.52. The van der Waals surface area contributed by atoms with E-state index in [0.29, 0.717) is 11.6 Å². The SMILES string of the molecule is Cc1ccc(C(=O)Nc2ccc3[nH]c4c(c3c2)CC(N(C)C)CC4)cc1. The summed E-state index contributed by atoms with van der Waals surface area (Å²) in [4.78, 5) is 18.4. The van der Waals surface area contributed by atoms with Gasteiger partial charge in [0.15, 0.2) is 0 Å². The maximum absolute atomic E-state index is 12.5. The molecule has 2 aromatic carbocycles. The topological polar surface area (TPSA) is 48.1 Å². The van der Waals surface area contributed by atoms with Gasteiger partial charge in [-0.1, -0.05) is 17.7 Å². The average Bonchev–Trinajstić information content (AvgIpc) is 2.99. The van der Waals surface area contributed by atoms with Gasteiger partial charge in [-0.3, -0.25) is 4.79 Å². The van der Waals surface area contributed by atoms with Gasteiger partial charge in [-0.2, -0.15) is 0 Å². The number of anilines is 1. The minimum Gasteiger partial charge on any atom is -0.358 e. The second kappa shape index (κ2) is 6.61. The number of H-pyrrole nitrogens is 1. The van der Waals surface area contributed by atoms with Crippen LogP contribution in [0.3, 0.4) is 0 Å². The standard InChI is InChI=1S/C22H25N3O/c1-14-4-6-15(7-5-14)22(26)23-16-8-10-20-18(12-16)19-13-17(25(2)3)9-11-21(19)24-20/h4-8,10,12,17,24H,9,11,13H2,1-3H3,(H,23,26). The monoisotopic (exact) mass is 347 g/mol. The highest BCUT2D eigenvalue weighted by Gasteiger charge is 2.23. The number of nitrogens with one attached hydrogen (secondary N) is 2. The molecule has 4 nitrogen and oxygen atoms in total. The van der Waals surface area contributed by atoms with Crippen LogP contribution in [0.25, 0.3) is 10.9 Å². The molecular weight excluding hydrogens is 322 g/mol. The van der Waals surface area contributed by atoms with Crippen LogP contribution < -0.4 is 5.32 Å². The quantitative estimate of drug-likeness (QED) is 0.748. The Morgan fingerprint density at radius 1 is 1.15 bits per heavy atom. The van der Waals surface area contributed by atoms with E-state index in [2.05, 4.69) is 41.4 Å². The van der Waals surface area contributed by atoms with Crippen LogP contribution in [-0.2, 0) is 12.8 Å². The van der Waals surface area contributed by atoms with Gasteiger partial charge in [0.1, 0.15) is 0 Å². The lowest BCUT2D eigenvalue weighted by Gasteiger charge is -2.28. The first-order chi connectivity index (χ1) is 12.5. The average molecular weight is 347 g/mol. The van der Waals surface area contributed by atoms with Crippen molar-refractivity contribution in [2.45, 2.75) is 32.2 Å². The number of benzene rings is 2. The Morgan fingerprint density at radius 2 is 1.92 bits per heavy atom. The van der Waals surface area contributed by atoms with Crippen molar-refractivity contribution >= 4 is 22.5 Å². The number of rotatable bonds is 3. The van der Waals surface area contributed by atoms with E-state index in [1.807, 2.05) is 37.3 Å². The van der Waals surface area contributed by atoms with Crippen molar-refractivity contribution in [3.8, 4) is 0 Å². The number of carbonyl (C=O) groups is 1. The zero-order valence-electron chi connectivity index (χ0n) is 15.6. The molecule has 4 heteroatoms. The first-order valence-corrected chi connectivity index (χ1v) is 9.19. The number of amides is 1. The van der Waals surface area contributed by atoms with Gasteiger partial charge in [-0.15, -0.1) is 0 Å². The van der Waals surface area contributed by atoms with Crippen molar-refractivity contribution in [3.05, 3.63) is 64.8 Å². The molecule has 1 aliphatic carbocycles. The molecule has 3 aromatic rings. The highest BCUT2D eigenvalue weighted by atomic mass is 16.1. The van der Waals surface area contributed by atoms with Gasteiger partial charge in [0, 0.05) is 33.9 Å². The number of aryl methyl sites for hydroxylation is 2. The fourth-order valence-corrected chi connectivity index (χ4v) is 3.83. The fraction of sp³-hybridized carbons (Fsp3) is 0.318. The Labute approximate surface area is 154 Å². The van der Waals surface area contributed by atoms with Crippen molar-refractivity contribution in [1.82, 2.24) is 9.88 Å². The predicted molar refractivity (Wildman–Crippen MR) is 107 cm³/mol. The normalized spacial score (nSPS) is 16.7. The molecule has 1 unspecified atom stereocenters. The van der Waals surface area contributed by atoms with E-state index in [0.717, 1.165) is 29.6 Å². The zero-order chi connectivity index (χ0) is 18.3. The van der Waals surface area contributed by atoms with Crippen molar-refractivity contribution in [2.75, 3.05) is 19.4 Å². The van der Waals surface area contributed by atoms with Crippen molar-refractivity contribution in [3.63, 3.8) is 0 Å². The summed E-state index contributed by atoms with van der Waals surface area (Å²) in [6, 6.07) is 14.4. The molecule has 1 atom stereocenters. The Hall–Kier alpha value is -2.59. The molecule has 4 rings (SSSR count). The third-order valence-corrected chi connectivity index (χ3v) is 5.46. The molecule has 134 valence electrons. The van der Waals surface area contributed by atoms with Crippen molar-refractivity contribution < 1.29 is 4.79 Å². The van der Waals surface area contributed by atoms with Gasteiger partial charge in [0.05, 0.1) is 0 Å². The van der Waals surface area contributed by atoms with E-state index < -0.39 is 0 Å². The molecule has 1 aromatic heterocycles. The fourth-order valence-electron chi connectivity index (χ4n) is 3.83. The van der Waals surface area contributed by atoms with Crippen molar-refractivity contribution in [1.29, 1.82) is 0 Å². The lowest BCUT2D eigenvalue weighted by Crippen LogP contribution is -2.33. The van der Waals surface area contributed by atoms with Crippen molar-refractivity contribution in [2.24, 2.45) is 0 Å². The molecular formula is C22H25N3O. The molecule has 0 spiro atoms. The molecule has 0 fully saturated rings. The summed E-state index contributed by atoms with van der Waals surface area (Å²) in [6.45, 7) is 2.02. The molecule has 1 amide bonds. The number of hydrogen-bond donors (Lipinski definition) is 2. The molecule has 0 saturated heterocycles. The van der Waals surface area contributed by atoms with E-state index in [1.165, 1.54) is 23.1 Å².